The largest absolute Gasteiger partial charge is 0.505 e. The summed E-state index contributed by atoms with van der Waals surface area (Å²) in [5.41, 5.74) is 3.14. The number of benzene rings is 2. The first-order chi connectivity index (χ1) is 13.7. The lowest BCUT2D eigenvalue weighted by atomic mass is 9.80. The lowest BCUT2D eigenvalue weighted by Crippen LogP contribution is -2.29. The number of phenols is 1. The van der Waals surface area contributed by atoms with Gasteiger partial charge in [0.05, 0.1) is 13.2 Å². The van der Waals surface area contributed by atoms with E-state index >= 15 is 0 Å². The number of aryl methyl sites for hydroxylation is 1. The summed E-state index contributed by atoms with van der Waals surface area (Å²) in [4.78, 5) is 1.49. The smallest absolute Gasteiger partial charge is 0.146 e. The van der Waals surface area contributed by atoms with Crippen molar-refractivity contribution in [2.75, 3.05) is 13.2 Å². The van der Waals surface area contributed by atoms with E-state index in [1.165, 1.54) is 4.80 Å². The molecule has 6 nitrogen and oxygen atoms in total. The van der Waals surface area contributed by atoms with Crippen molar-refractivity contribution < 1.29 is 15.3 Å². The van der Waals surface area contributed by atoms with Crippen LogP contribution in [0.1, 0.15) is 51.7 Å². The molecule has 0 bridgehead atoms. The first kappa shape index (κ1) is 21.3. The van der Waals surface area contributed by atoms with Gasteiger partial charge in [0.15, 0.2) is 0 Å². The van der Waals surface area contributed by atoms with Crippen molar-refractivity contribution in [1.29, 1.82) is 0 Å². The number of aliphatic hydroxyl groups excluding tert-OH is 2. The normalized spacial score (nSPS) is 12.6. The van der Waals surface area contributed by atoms with Gasteiger partial charge in [0.1, 0.15) is 22.5 Å². The summed E-state index contributed by atoms with van der Waals surface area (Å²) >= 11 is 0. The Morgan fingerprint density at radius 1 is 0.966 bits per heavy atom. The van der Waals surface area contributed by atoms with Crippen molar-refractivity contribution >= 4 is 11.0 Å². The van der Waals surface area contributed by atoms with Crippen LogP contribution in [-0.2, 0) is 11.8 Å². The number of aliphatic hydroxyl groups is 2. The molecule has 3 aromatic rings. The van der Waals surface area contributed by atoms with Crippen LogP contribution in [0.4, 0.5) is 0 Å². The Morgan fingerprint density at radius 2 is 1.55 bits per heavy atom. The Balaban J connectivity index is 2.07. The van der Waals surface area contributed by atoms with Crippen LogP contribution in [0.25, 0.3) is 16.7 Å². The molecule has 0 saturated carbocycles. The van der Waals surface area contributed by atoms with Gasteiger partial charge in [-0.15, -0.1) is 15.0 Å². The monoisotopic (exact) mass is 397 g/mol. The Bertz CT molecular complexity index is 943. The van der Waals surface area contributed by atoms with Gasteiger partial charge in [-0.05, 0) is 48.4 Å². The molecular weight excluding hydrogens is 366 g/mol. The van der Waals surface area contributed by atoms with E-state index in [0.29, 0.717) is 24.9 Å². The first-order valence-corrected chi connectivity index (χ1v) is 10.1. The van der Waals surface area contributed by atoms with E-state index in [2.05, 4.69) is 31.0 Å². The minimum Gasteiger partial charge on any atom is -0.505 e. The van der Waals surface area contributed by atoms with Crippen LogP contribution in [0, 0.1) is 5.41 Å². The average molecular weight is 398 g/mol. The van der Waals surface area contributed by atoms with Crippen molar-refractivity contribution in [3.05, 3.63) is 47.5 Å². The van der Waals surface area contributed by atoms with Crippen LogP contribution in [0.2, 0.25) is 0 Å². The number of hydrogen-bond donors (Lipinski definition) is 3. The predicted octanol–water partition coefficient (Wildman–Crippen LogP) is 3.74. The molecule has 1 aromatic heterocycles. The second-order valence-corrected chi connectivity index (χ2v) is 8.91. The van der Waals surface area contributed by atoms with E-state index < -0.39 is 5.41 Å². The molecule has 0 radical (unpaired) electrons. The highest BCUT2D eigenvalue weighted by Gasteiger charge is 2.28. The van der Waals surface area contributed by atoms with Gasteiger partial charge in [-0.3, -0.25) is 0 Å². The van der Waals surface area contributed by atoms with E-state index in [-0.39, 0.29) is 24.4 Å². The Morgan fingerprint density at radius 3 is 2.03 bits per heavy atom. The molecule has 0 fully saturated rings. The van der Waals surface area contributed by atoms with Crippen LogP contribution in [0.3, 0.4) is 0 Å². The zero-order valence-electron chi connectivity index (χ0n) is 17.7. The van der Waals surface area contributed by atoms with Crippen molar-refractivity contribution in [3.8, 4) is 11.4 Å². The van der Waals surface area contributed by atoms with E-state index in [0.717, 1.165) is 22.2 Å². The van der Waals surface area contributed by atoms with Crippen molar-refractivity contribution in [3.63, 3.8) is 0 Å². The molecule has 3 rings (SSSR count). The number of aromatic nitrogens is 3. The van der Waals surface area contributed by atoms with Crippen molar-refractivity contribution in [1.82, 2.24) is 15.0 Å². The zero-order valence-corrected chi connectivity index (χ0v) is 17.7. The molecule has 29 heavy (non-hydrogen) atoms. The third-order valence-electron chi connectivity index (χ3n) is 5.82. The molecule has 0 amide bonds. The molecule has 156 valence electrons. The highest BCUT2D eigenvalue weighted by molar-refractivity contribution is 5.73. The summed E-state index contributed by atoms with van der Waals surface area (Å²) in [5, 5.41) is 39.6. The number of aromatic hydroxyl groups is 1. The molecule has 0 atom stereocenters. The van der Waals surface area contributed by atoms with Gasteiger partial charge in [-0.1, -0.05) is 45.9 Å². The second-order valence-electron chi connectivity index (χ2n) is 8.91. The maximum absolute atomic E-state index is 11.0. The molecule has 0 saturated heterocycles. The number of fused-ring (bicyclic) bond motifs is 1. The summed E-state index contributed by atoms with van der Waals surface area (Å²) < 4.78 is 0. The summed E-state index contributed by atoms with van der Waals surface area (Å²) in [6.07, 6.45) is 2.02. The molecule has 1 heterocycles. The SMILES string of the molecule is CCC(CO)(CO)CCc1cc(-n2nc3ccccc3n2)c(O)c(C(C)(C)C)c1. The van der Waals surface area contributed by atoms with Gasteiger partial charge in [0.25, 0.3) is 0 Å². The summed E-state index contributed by atoms with van der Waals surface area (Å²) in [6.45, 7) is 8.04. The summed E-state index contributed by atoms with van der Waals surface area (Å²) in [6, 6.07) is 11.5. The Kier molecular flexibility index (Phi) is 5.96. The third kappa shape index (κ3) is 4.28. The molecule has 0 spiro atoms. The van der Waals surface area contributed by atoms with Gasteiger partial charge >= 0.3 is 0 Å². The van der Waals surface area contributed by atoms with Gasteiger partial charge < -0.3 is 15.3 Å². The first-order valence-electron chi connectivity index (χ1n) is 10.1. The highest BCUT2D eigenvalue weighted by Crippen LogP contribution is 2.37. The number of phenolic OH excluding ortho intramolecular Hbond substituents is 1. The van der Waals surface area contributed by atoms with Crippen molar-refractivity contribution in [2.45, 2.75) is 52.4 Å². The molecule has 2 aromatic carbocycles. The molecule has 3 N–H and O–H groups in total. The standard InChI is InChI=1S/C23H31N3O3/c1-5-23(14-27,15-28)11-10-16-12-17(22(2,3)4)21(29)20(13-16)26-24-18-8-6-7-9-19(18)25-26/h6-9,12-13,27-29H,5,10-11,14-15H2,1-4H3. The maximum Gasteiger partial charge on any atom is 0.146 e. The maximum atomic E-state index is 11.0. The lowest BCUT2D eigenvalue weighted by Gasteiger charge is -2.29. The van der Waals surface area contributed by atoms with E-state index in [4.69, 9.17) is 0 Å². The van der Waals surface area contributed by atoms with Crippen LogP contribution in [0.15, 0.2) is 36.4 Å². The van der Waals surface area contributed by atoms with E-state index in [9.17, 15) is 15.3 Å². The molecule has 6 heteroatoms. The van der Waals surface area contributed by atoms with Crippen LogP contribution in [-0.4, -0.2) is 43.5 Å². The van der Waals surface area contributed by atoms with Gasteiger partial charge in [0, 0.05) is 11.0 Å². The fraction of sp³-hybridized carbons (Fsp3) is 0.478. The van der Waals surface area contributed by atoms with Crippen molar-refractivity contribution in [2.24, 2.45) is 5.41 Å². The molecule has 0 aliphatic rings. The van der Waals surface area contributed by atoms with Crippen LogP contribution >= 0.6 is 0 Å². The van der Waals surface area contributed by atoms with E-state index in [1.807, 2.05) is 43.3 Å². The minimum absolute atomic E-state index is 0.0524. The van der Waals surface area contributed by atoms with Gasteiger partial charge in [-0.25, -0.2) is 0 Å². The fourth-order valence-electron chi connectivity index (χ4n) is 3.53. The van der Waals surface area contributed by atoms with Crippen LogP contribution < -0.4 is 0 Å². The Hall–Kier alpha value is -2.44. The number of hydrogen-bond acceptors (Lipinski definition) is 5. The molecular formula is C23H31N3O3. The minimum atomic E-state index is -0.501. The van der Waals surface area contributed by atoms with Gasteiger partial charge in [0.2, 0.25) is 0 Å². The second kappa shape index (κ2) is 8.13. The van der Waals surface area contributed by atoms with E-state index in [1.54, 1.807) is 0 Å². The summed E-state index contributed by atoms with van der Waals surface area (Å²) in [5.74, 6) is 0.174. The Labute approximate surface area is 171 Å². The zero-order chi connectivity index (χ0) is 21.2. The number of rotatable bonds is 7. The number of nitrogens with zero attached hydrogens (tertiary/aromatic N) is 3. The quantitative estimate of drug-likeness (QED) is 0.565. The summed E-state index contributed by atoms with van der Waals surface area (Å²) in [7, 11) is 0. The predicted molar refractivity (Wildman–Crippen MR) is 114 cm³/mol. The van der Waals surface area contributed by atoms with Gasteiger partial charge in [-0.2, -0.15) is 0 Å². The third-order valence-corrected chi connectivity index (χ3v) is 5.82. The molecule has 0 unspecified atom stereocenters. The fourth-order valence-corrected chi connectivity index (χ4v) is 3.53. The molecule has 0 aliphatic heterocycles. The van der Waals surface area contributed by atoms with Crippen LogP contribution in [0.5, 0.6) is 5.75 Å². The highest BCUT2D eigenvalue weighted by atomic mass is 16.3. The lowest BCUT2D eigenvalue weighted by molar-refractivity contribution is 0.0441. The molecule has 0 aliphatic carbocycles. The average Bonchev–Trinajstić information content (AvgIpc) is 3.13. The topological polar surface area (TPSA) is 91.4 Å².